The van der Waals surface area contributed by atoms with Crippen molar-refractivity contribution in [1.82, 2.24) is 0 Å². The molecule has 0 aliphatic heterocycles. The summed E-state index contributed by atoms with van der Waals surface area (Å²) < 4.78 is 0.749. The molecule has 0 saturated carbocycles. The van der Waals surface area contributed by atoms with E-state index in [-0.39, 0.29) is 6.73 Å². The summed E-state index contributed by atoms with van der Waals surface area (Å²) in [5.74, 6) is 0. The van der Waals surface area contributed by atoms with Crippen LogP contribution in [-0.4, -0.2) is 37.0 Å². The highest BCUT2D eigenvalue weighted by Gasteiger charge is 2.11. The van der Waals surface area contributed by atoms with Gasteiger partial charge in [0.25, 0.3) is 0 Å². The van der Waals surface area contributed by atoms with Crippen LogP contribution in [0.2, 0.25) is 0 Å². The number of quaternary nitrogens is 1. The third-order valence-corrected chi connectivity index (χ3v) is 5.00. The van der Waals surface area contributed by atoms with Gasteiger partial charge >= 0.3 is 0 Å². The van der Waals surface area contributed by atoms with Gasteiger partial charge in [0.15, 0.2) is 6.73 Å². The number of hydrogen-bond acceptors (Lipinski definition) is 1. The Labute approximate surface area is 147 Å². The van der Waals surface area contributed by atoms with Crippen LogP contribution in [0.3, 0.4) is 0 Å². The smallest absolute Gasteiger partial charge is 0.179 e. The van der Waals surface area contributed by atoms with E-state index in [0.717, 1.165) is 11.0 Å². The summed E-state index contributed by atoms with van der Waals surface area (Å²) in [5, 5.41) is 9.19. The third kappa shape index (κ3) is 18.1. The van der Waals surface area contributed by atoms with E-state index in [1.165, 1.54) is 103 Å². The van der Waals surface area contributed by atoms with E-state index in [1.807, 2.05) is 0 Å². The molecule has 0 bridgehead atoms. The molecule has 1 N–H and O–H groups in total. The minimum absolute atomic E-state index is 0.263. The SMILES string of the molecule is CCCCCCCCCCCCCCCCCC[N+](C)(C)CO. The molecule has 0 aromatic carbocycles. The Bertz CT molecular complexity index is 228. The van der Waals surface area contributed by atoms with Crippen molar-refractivity contribution in [2.45, 2.75) is 110 Å². The van der Waals surface area contributed by atoms with Crippen molar-refractivity contribution < 1.29 is 9.59 Å². The summed E-state index contributed by atoms with van der Waals surface area (Å²) in [4.78, 5) is 0. The second kappa shape index (κ2) is 16.8. The zero-order valence-electron chi connectivity index (χ0n) is 16.6. The number of unbranched alkanes of at least 4 members (excludes halogenated alkanes) is 15. The van der Waals surface area contributed by atoms with Gasteiger partial charge in [0.05, 0.1) is 20.6 Å². The summed E-state index contributed by atoms with van der Waals surface area (Å²) >= 11 is 0. The molecule has 0 aliphatic rings. The Kier molecular flexibility index (Phi) is 16.7. The van der Waals surface area contributed by atoms with Gasteiger partial charge in [0.2, 0.25) is 0 Å². The lowest BCUT2D eigenvalue weighted by molar-refractivity contribution is -0.909. The van der Waals surface area contributed by atoms with Crippen LogP contribution in [-0.2, 0) is 0 Å². The highest BCUT2D eigenvalue weighted by Crippen LogP contribution is 2.14. The van der Waals surface area contributed by atoms with Crippen molar-refractivity contribution in [2.75, 3.05) is 27.4 Å². The number of hydrogen-bond donors (Lipinski definition) is 1. The van der Waals surface area contributed by atoms with Gasteiger partial charge in [-0.15, -0.1) is 0 Å². The number of aliphatic hydroxyl groups excluding tert-OH is 1. The van der Waals surface area contributed by atoms with E-state index in [0.29, 0.717) is 0 Å². The minimum Gasteiger partial charge on any atom is -0.347 e. The van der Waals surface area contributed by atoms with Crippen molar-refractivity contribution in [3.63, 3.8) is 0 Å². The molecule has 0 amide bonds. The van der Waals surface area contributed by atoms with Gasteiger partial charge < -0.3 is 9.59 Å². The van der Waals surface area contributed by atoms with Crippen LogP contribution in [0.5, 0.6) is 0 Å². The predicted octanol–water partition coefficient (Wildman–Crippen LogP) is 6.27. The molecule has 0 spiro atoms. The highest BCUT2D eigenvalue weighted by atomic mass is 16.3. The van der Waals surface area contributed by atoms with Gasteiger partial charge in [-0.05, 0) is 12.8 Å². The fourth-order valence-electron chi connectivity index (χ4n) is 3.16. The maximum atomic E-state index is 9.19. The zero-order valence-corrected chi connectivity index (χ0v) is 16.6. The summed E-state index contributed by atoms with van der Waals surface area (Å²) in [5.41, 5.74) is 0. The third-order valence-electron chi connectivity index (χ3n) is 5.00. The Morgan fingerprint density at radius 2 is 0.826 bits per heavy atom. The Balaban J connectivity index is 3.05. The van der Waals surface area contributed by atoms with Gasteiger partial charge in [0, 0.05) is 0 Å². The van der Waals surface area contributed by atoms with Crippen molar-refractivity contribution in [1.29, 1.82) is 0 Å². The van der Waals surface area contributed by atoms with Gasteiger partial charge in [0.1, 0.15) is 0 Å². The quantitative estimate of drug-likeness (QED) is 0.178. The molecule has 0 aromatic rings. The van der Waals surface area contributed by atoms with E-state index in [2.05, 4.69) is 21.0 Å². The maximum absolute atomic E-state index is 9.19. The van der Waals surface area contributed by atoms with Gasteiger partial charge in [-0.3, -0.25) is 0 Å². The molecule has 0 saturated heterocycles. The summed E-state index contributed by atoms with van der Waals surface area (Å²) in [6.07, 6.45) is 22.7. The predicted molar refractivity (Wildman–Crippen MR) is 104 cm³/mol. The van der Waals surface area contributed by atoms with Crippen LogP contribution >= 0.6 is 0 Å². The van der Waals surface area contributed by atoms with E-state index < -0.39 is 0 Å². The first-order valence-corrected chi connectivity index (χ1v) is 10.6. The van der Waals surface area contributed by atoms with Crippen LogP contribution in [0.25, 0.3) is 0 Å². The van der Waals surface area contributed by atoms with E-state index in [9.17, 15) is 5.11 Å². The Morgan fingerprint density at radius 3 is 1.13 bits per heavy atom. The number of rotatable bonds is 18. The normalized spacial score (nSPS) is 12.0. The van der Waals surface area contributed by atoms with E-state index in [4.69, 9.17) is 0 Å². The molecule has 0 rings (SSSR count). The fraction of sp³-hybridized carbons (Fsp3) is 1.00. The van der Waals surface area contributed by atoms with E-state index in [1.54, 1.807) is 0 Å². The molecule has 0 heterocycles. The molecular formula is C21H46NO+. The number of aliphatic hydroxyl groups is 1. The van der Waals surface area contributed by atoms with Crippen molar-refractivity contribution in [3.05, 3.63) is 0 Å². The topological polar surface area (TPSA) is 20.2 Å². The second-order valence-electron chi connectivity index (χ2n) is 8.10. The van der Waals surface area contributed by atoms with Gasteiger partial charge in [-0.25, -0.2) is 0 Å². The molecule has 0 atom stereocenters. The first-order valence-electron chi connectivity index (χ1n) is 10.6. The molecule has 0 aromatic heterocycles. The molecule has 2 heteroatoms. The first kappa shape index (κ1) is 22.9. The molecule has 2 nitrogen and oxygen atoms in total. The van der Waals surface area contributed by atoms with Crippen LogP contribution in [0, 0.1) is 0 Å². The van der Waals surface area contributed by atoms with Crippen LogP contribution in [0.4, 0.5) is 0 Å². The molecule has 23 heavy (non-hydrogen) atoms. The molecule has 0 radical (unpaired) electrons. The van der Waals surface area contributed by atoms with Crippen molar-refractivity contribution in [2.24, 2.45) is 0 Å². The summed E-state index contributed by atoms with van der Waals surface area (Å²) in [6, 6.07) is 0. The van der Waals surface area contributed by atoms with E-state index >= 15 is 0 Å². The summed E-state index contributed by atoms with van der Waals surface area (Å²) in [7, 11) is 4.20. The molecule has 0 aliphatic carbocycles. The fourth-order valence-corrected chi connectivity index (χ4v) is 3.16. The maximum Gasteiger partial charge on any atom is 0.179 e. The monoisotopic (exact) mass is 328 g/mol. The molecule has 140 valence electrons. The molecule has 0 fully saturated rings. The lowest BCUT2D eigenvalue weighted by Crippen LogP contribution is -2.41. The largest absolute Gasteiger partial charge is 0.347 e. The van der Waals surface area contributed by atoms with Gasteiger partial charge in [-0.1, -0.05) is 96.8 Å². The lowest BCUT2D eigenvalue weighted by atomic mass is 10.0. The van der Waals surface area contributed by atoms with Crippen molar-refractivity contribution >= 4 is 0 Å². The molecule has 0 unspecified atom stereocenters. The second-order valence-corrected chi connectivity index (χ2v) is 8.10. The van der Waals surface area contributed by atoms with Crippen LogP contribution < -0.4 is 0 Å². The highest BCUT2D eigenvalue weighted by molar-refractivity contribution is 4.50. The Hall–Kier alpha value is -0.0800. The number of nitrogens with zero attached hydrogens (tertiary/aromatic N) is 1. The first-order chi connectivity index (χ1) is 11.1. The van der Waals surface area contributed by atoms with Crippen LogP contribution in [0.15, 0.2) is 0 Å². The standard InChI is InChI=1S/C21H46NO/c1-4-5-6-7-8-9-10-11-12-13-14-15-16-17-18-19-20-22(2,3)21-23/h23H,4-21H2,1-3H3/q+1. The van der Waals surface area contributed by atoms with Crippen molar-refractivity contribution in [3.8, 4) is 0 Å². The Morgan fingerprint density at radius 1 is 0.522 bits per heavy atom. The summed E-state index contributed by atoms with van der Waals surface area (Å²) in [6.45, 7) is 3.66. The lowest BCUT2D eigenvalue weighted by Gasteiger charge is -2.26. The average molecular weight is 329 g/mol. The molecular weight excluding hydrogens is 282 g/mol. The van der Waals surface area contributed by atoms with Crippen LogP contribution in [0.1, 0.15) is 110 Å². The minimum atomic E-state index is 0.263. The average Bonchev–Trinajstić information content (AvgIpc) is 2.54. The zero-order chi connectivity index (χ0) is 17.2. The van der Waals surface area contributed by atoms with Gasteiger partial charge in [-0.2, -0.15) is 0 Å².